The fourth-order valence-corrected chi connectivity index (χ4v) is 2.16. The monoisotopic (exact) mass is 241 g/mol. The summed E-state index contributed by atoms with van der Waals surface area (Å²) < 4.78 is 0. The first-order valence-corrected chi connectivity index (χ1v) is 7.11. The van der Waals surface area contributed by atoms with Crippen molar-refractivity contribution >= 4 is 5.91 Å². The van der Waals surface area contributed by atoms with Crippen molar-refractivity contribution in [1.29, 1.82) is 0 Å². The Bertz CT molecular complexity index is 221. The van der Waals surface area contributed by atoms with Crippen LogP contribution in [0.2, 0.25) is 0 Å². The molecule has 0 radical (unpaired) electrons. The fraction of sp³-hybridized carbons (Fsp3) is 0.933. The number of nitrogens with zero attached hydrogens (tertiary/aromatic N) is 1. The Morgan fingerprint density at radius 1 is 1.06 bits per heavy atom. The Labute approximate surface area is 108 Å². The third-order valence-corrected chi connectivity index (χ3v) is 3.42. The summed E-state index contributed by atoms with van der Waals surface area (Å²) in [5, 5.41) is 0. The predicted octanol–water partition coefficient (Wildman–Crippen LogP) is 3.95. The van der Waals surface area contributed by atoms with E-state index >= 15 is 0 Å². The minimum atomic E-state index is 0.185. The van der Waals surface area contributed by atoms with Gasteiger partial charge in [-0.25, -0.2) is 0 Å². The van der Waals surface area contributed by atoms with Gasteiger partial charge in [-0.1, -0.05) is 34.6 Å². The summed E-state index contributed by atoms with van der Waals surface area (Å²) in [6, 6.07) is 0.314. The molecule has 0 aromatic heterocycles. The van der Waals surface area contributed by atoms with Crippen LogP contribution in [0.5, 0.6) is 0 Å². The summed E-state index contributed by atoms with van der Waals surface area (Å²) >= 11 is 0. The summed E-state index contributed by atoms with van der Waals surface area (Å²) in [5.74, 6) is 1.62. The molecule has 0 aliphatic carbocycles. The van der Waals surface area contributed by atoms with Gasteiger partial charge in [0.2, 0.25) is 5.91 Å². The molecular weight excluding hydrogens is 210 g/mol. The number of hydrogen-bond acceptors (Lipinski definition) is 1. The molecule has 2 heteroatoms. The van der Waals surface area contributed by atoms with Crippen molar-refractivity contribution in [2.24, 2.45) is 17.8 Å². The van der Waals surface area contributed by atoms with Crippen LogP contribution >= 0.6 is 0 Å². The largest absolute Gasteiger partial charge is 0.340 e. The van der Waals surface area contributed by atoms with Gasteiger partial charge in [0.05, 0.1) is 0 Å². The highest BCUT2D eigenvalue weighted by Crippen LogP contribution is 2.20. The highest BCUT2D eigenvalue weighted by molar-refractivity contribution is 5.79. The van der Waals surface area contributed by atoms with Gasteiger partial charge < -0.3 is 4.90 Å². The molecule has 1 unspecified atom stereocenters. The molecule has 0 saturated carbocycles. The second-order valence-electron chi connectivity index (χ2n) is 6.07. The van der Waals surface area contributed by atoms with Crippen molar-refractivity contribution < 1.29 is 4.79 Å². The van der Waals surface area contributed by atoms with Crippen LogP contribution < -0.4 is 0 Å². The molecule has 0 spiro atoms. The minimum absolute atomic E-state index is 0.185. The zero-order chi connectivity index (χ0) is 13.6. The number of carbonyl (C=O) groups is 1. The molecular formula is C15H31NO. The molecule has 0 aromatic rings. The minimum Gasteiger partial charge on any atom is -0.340 e. The van der Waals surface area contributed by atoms with E-state index in [9.17, 15) is 4.79 Å². The van der Waals surface area contributed by atoms with Crippen molar-refractivity contribution in [1.82, 2.24) is 4.90 Å². The van der Waals surface area contributed by atoms with Crippen LogP contribution in [0.1, 0.15) is 61.3 Å². The molecule has 1 atom stereocenters. The van der Waals surface area contributed by atoms with Crippen LogP contribution in [-0.2, 0) is 4.79 Å². The topological polar surface area (TPSA) is 20.3 Å². The van der Waals surface area contributed by atoms with Crippen molar-refractivity contribution in [3.8, 4) is 0 Å². The molecule has 0 saturated heterocycles. The third-order valence-electron chi connectivity index (χ3n) is 3.42. The van der Waals surface area contributed by atoms with Gasteiger partial charge in [0.1, 0.15) is 0 Å². The zero-order valence-electron chi connectivity index (χ0n) is 12.8. The van der Waals surface area contributed by atoms with Crippen LogP contribution in [0, 0.1) is 17.8 Å². The summed E-state index contributed by atoms with van der Waals surface area (Å²) in [7, 11) is 0. The van der Waals surface area contributed by atoms with Crippen LogP contribution in [0.3, 0.4) is 0 Å². The first kappa shape index (κ1) is 16.5. The molecule has 1 amide bonds. The Kier molecular flexibility index (Phi) is 7.49. The van der Waals surface area contributed by atoms with Gasteiger partial charge in [0, 0.05) is 18.5 Å². The standard InChI is InChI=1S/C15H31NO/c1-8-14(12(4)5)15(17)16(13(6)7)10-9-11(2)3/h11-14H,8-10H2,1-7H3. The van der Waals surface area contributed by atoms with Crippen molar-refractivity contribution in [3.05, 3.63) is 0 Å². The molecule has 0 aliphatic heterocycles. The molecule has 0 aromatic carbocycles. The van der Waals surface area contributed by atoms with Crippen molar-refractivity contribution in [2.75, 3.05) is 6.54 Å². The lowest BCUT2D eigenvalue weighted by atomic mass is 9.91. The molecule has 0 aliphatic rings. The van der Waals surface area contributed by atoms with E-state index in [-0.39, 0.29) is 5.92 Å². The smallest absolute Gasteiger partial charge is 0.226 e. The maximum absolute atomic E-state index is 12.5. The first-order valence-electron chi connectivity index (χ1n) is 7.11. The van der Waals surface area contributed by atoms with E-state index < -0.39 is 0 Å². The highest BCUT2D eigenvalue weighted by Gasteiger charge is 2.26. The molecule has 0 heterocycles. The van der Waals surface area contributed by atoms with E-state index in [0.29, 0.717) is 23.8 Å². The van der Waals surface area contributed by atoms with Crippen LogP contribution in [0.4, 0.5) is 0 Å². The van der Waals surface area contributed by atoms with Gasteiger partial charge in [-0.2, -0.15) is 0 Å². The predicted molar refractivity (Wildman–Crippen MR) is 74.9 cm³/mol. The highest BCUT2D eigenvalue weighted by atomic mass is 16.2. The Morgan fingerprint density at radius 2 is 1.59 bits per heavy atom. The summed E-state index contributed by atoms with van der Waals surface area (Å²) in [5.41, 5.74) is 0. The van der Waals surface area contributed by atoms with Gasteiger partial charge in [-0.05, 0) is 38.5 Å². The molecule has 0 rings (SSSR count). The van der Waals surface area contributed by atoms with E-state index in [2.05, 4.69) is 53.4 Å². The average molecular weight is 241 g/mol. The Hall–Kier alpha value is -0.530. The van der Waals surface area contributed by atoms with E-state index in [1.54, 1.807) is 0 Å². The second kappa shape index (κ2) is 7.73. The number of rotatable bonds is 7. The van der Waals surface area contributed by atoms with Gasteiger partial charge in [-0.3, -0.25) is 4.79 Å². The molecule has 17 heavy (non-hydrogen) atoms. The van der Waals surface area contributed by atoms with E-state index in [1.165, 1.54) is 0 Å². The van der Waals surface area contributed by atoms with E-state index in [0.717, 1.165) is 19.4 Å². The summed E-state index contributed by atoms with van der Waals surface area (Å²) in [4.78, 5) is 14.6. The van der Waals surface area contributed by atoms with E-state index in [1.807, 2.05) is 0 Å². The van der Waals surface area contributed by atoms with Crippen LogP contribution in [0.25, 0.3) is 0 Å². The maximum atomic E-state index is 12.5. The summed E-state index contributed by atoms with van der Waals surface area (Å²) in [6.45, 7) is 16.0. The SMILES string of the molecule is CCC(C(=O)N(CCC(C)C)C(C)C)C(C)C. The lowest BCUT2D eigenvalue weighted by Crippen LogP contribution is -2.43. The maximum Gasteiger partial charge on any atom is 0.226 e. The molecule has 2 nitrogen and oxygen atoms in total. The second-order valence-corrected chi connectivity index (χ2v) is 6.07. The van der Waals surface area contributed by atoms with Gasteiger partial charge in [0.15, 0.2) is 0 Å². The van der Waals surface area contributed by atoms with Gasteiger partial charge >= 0.3 is 0 Å². The quantitative estimate of drug-likeness (QED) is 0.661. The average Bonchev–Trinajstić information content (AvgIpc) is 2.17. The van der Waals surface area contributed by atoms with Crippen LogP contribution in [0.15, 0.2) is 0 Å². The van der Waals surface area contributed by atoms with Gasteiger partial charge in [0.25, 0.3) is 0 Å². The van der Waals surface area contributed by atoms with E-state index in [4.69, 9.17) is 0 Å². The van der Waals surface area contributed by atoms with Gasteiger partial charge in [-0.15, -0.1) is 0 Å². The lowest BCUT2D eigenvalue weighted by Gasteiger charge is -2.32. The molecule has 0 bridgehead atoms. The number of amides is 1. The zero-order valence-corrected chi connectivity index (χ0v) is 12.8. The van der Waals surface area contributed by atoms with Crippen LogP contribution in [-0.4, -0.2) is 23.4 Å². The summed E-state index contributed by atoms with van der Waals surface area (Å²) in [6.07, 6.45) is 2.04. The Morgan fingerprint density at radius 3 is 1.88 bits per heavy atom. The normalized spacial score (nSPS) is 13.5. The fourth-order valence-electron chi connectivity index (χ4n) is 2.16. The number of carbonyl (C=O) groups excluding carboxylic acids is 1. The molecule has 0 fully saturated rings. The molecule has 0 N–H and O–H groups in total. The lowest BCUT2D eigenvalue weighted by molar-refractivity contribution is -0.139. The van der Waals surface area contributed by atoms with Crippen molar-refractivity contribution in [3.63, 3.8) is 0 Å². The Balaban J connectivity index is 4.63. The first-order chi connectivity index (χ1) is 7.81. The number of hydrogen-bond donors (Lipinski definition) is 0. The third kappa shape index (κ3) is 5.56. The molecule has 102 valence electrons. The van der Waals surface area contributed by atoms with Crippen molar-refractivity contribution in [2.45, 2.75) is 67.3 Å².